The molecule has 0 saturated heterocycles. The van der Waals surface area contributed by atoms with Gasteiger partial charge in [0.2, 0.25) is 10.1 Å². The maximum absolute atomic E-state index is 11.2. The van der Waals surface area contributed by atoms with Gasteiger partial charge in [-0.2, -0.15) is 0 Å². The Balaban J connectivity index is 1.54. The number of fused-ring (bicyclic) bond motifs is 2. The SMILES string of the molecule is CC(C)(C)c1cn2nc(NCC3(O)CCCc4ccccc43)sc2n1. The van der Waals surface area contributed by atoms with Crippen LogP contribution in [-0.4, -0.2) is 26.2 Å². The van der Waals surface area contributed by atoms with Crippen LogP contribution < -0.4 is 5.32 Å². The fraction of sp³-hybridized carbons (Fsp3) is 0.474. The van der Waals surface area contributed by atoms with E-state index in [4.69, 9.17) is 0 Å². The van der Waals surface area contributed by atoms with E-state index in [0.717, 1.165) is 40.6 Å². The third kappa shape index (κ3) is 3.04. The highest BCUT2D eigenvalue weighted by atomic mass is 32.1. The number of hydrogen-bond donors (Lipinski definition) is 2. The molecule has 4 rings (SSSR count). The van der Waals surface area contributed by atoms with Crippen molar-refractivity contribution in [3.63, 3.8) is 0 Å². The van der Waals surface area contributed by atoms with Crippen molar-refractivity contribution in [3.05, 3.63) is 47.3 Å². The lowest BCUT2D eigenvalue weighted by atomic mass is 9.79. The normalized spacial score (nSPS) is 20.6. The lowest BCUT2D eigenvalue weighted by Gasteiger charge is -2.34. The number of anilines is 1. The molecule has 132 valence electrons. The van der Waals surface area contributed by atoms with Crippen molar-refractivity contribution >= 4 is 21.4 Å². The number of imidazole rings is 1. The molecule has 1 unspecified atom stereocenters. The second kappa shape index (κ2) is 5.81. The first-order valence-corrected chi connectivity index (χ1v) is 9.58. The number of hydrogen-bond acceptors (Lipinski definition) is 5. The third-order valence-electron chi connectivity index (χ3n) is 4.90. The van der Waals surface area contributed by atoms with Gasteiger partial charge in [0.25, 0.3) is 0 Å². The van der Waals surface area contributed by atoms with Gasteiger partial charge in [-0.15, -0.1) is 5.10 Å². The van der Waals surface area contributed by atoms with Gasteiger partial charge in [-0.3, -0.25) is 0 Å². The predicted molar refractivity (Wildman–Crippen MR) is 101 cm³/mol. The van der Waals surface area contributed by atoms with Crippen molar-refractivity contribution in [1.29, 1.82) is 0 Å². The first kappa shape index (κ1) is 16.5. The first-order valence-electron chi connectivity index (χ1n) is 8.76. The third-order valence-corrected chi connectivity index (χ3v) is 5.78. The van der Waals surface area contributed by atoms with Gasteiger partial charge in [0.05, 0.1) is 18.4 Å². The van der Waals surface area contributed by atoms with Crippen LogP contribution in [0.15, 0.2) is 30.5 Å². The quantitative estimate of drug-likeness (QED) is 0.751. The molecule has 6 heteroatoms. The molecular formula is C19H24N4OS. The molecule has 0 saturated carbocycles. The van der Waals surface area contributed by atoms with E-state index in [1.807, 2.05) is 28.9 Å². The van der Waals surface area contributed by atoms with Gasteiger partial charge in [-0.05, 0) is 30.4 Å². The van der Waals surface area contributed by atoms with E-state index in [2.05, 4.69) is 42.2 Å². The lowest BCUT2D eigenvalue weighted by molar-refractivity contribution is 0.0323. The number of nitrogens with zero attached hydrogens (tertiary/aromatic N) is 3. The minimum atomic E-state index is -0.834. The molecule has 0 bridgehead atoms. The van der Waals surface area contributed by atoms with Crippen LogP contribution in [0.5, 0.6) is 0 Å². The second-order valence-electron chi connectivity index (χ2n) is 7.91. The van der Waals surface area contributed by atoms with E-state index in [0.29, 0.717) is 6.54 Å². The fourth-order valence-electron chi connectivity index (χ4n) is 3.44. The zero-order chi connectivity index (χ0) is 17.7. The summed E-state index contributed by atoms with van der Waals surface area (Å²) >= 11 is 1.52. The summed E-state index contributed by atoms with van der Waals surface area (Å²) < 4.78 is 1.83. The number of nitrogens with one attached hydrogen (secondary N) is 1. The maximum Gasteiger partial charge on any atom is 0.214 e. The van der Waals surface area contributed by atoms with Crippen LogP contribution in [0.2, 0.25) is 0 Å². The Labute approximate surface area is 151 Å². The topological polar surface area (TPSA) is 62.5 Å². The van der Waals surface area contributed by atoms with Crippen molar-refractivity contribution in [3.8, 4) is 0 Å². The largest absolute Gasteiger partial charge is 0.383 e. The summed E-state index contributed by atoms with van der Waals surface area (Å²) in [5.74, 6) is 0. The number of aryl methyl sites for hydroxylation is 1. The highest BCUT2D eigenvalue weighted by Crippen LogP contribution is 2.35. The molecule has 0 aliphatic heterocycles. The van der Waals surface area contributed by atoms with Gasteiger partial charge in [0.1, 0.15) is 5.60 Å². The van der Waals surface area contributed by atoms with Crippen LogP contribution in [0.25, 0.3) is 4.96 Å². The molecule has 2 heterocycles. The van der Waals surface area contributed by atoms with E-state index in [1.165, 1.54) is 16.9 Å². The van der Waals surface area contributed by atoms with Gasteiger partial charge >= 0.3 is 0 Å². The number of aliphatic hydroxyl groups is 1. The Morgan fingerprint density at radius 1 is 1.32 bits per heavy atom. The van der Waals surface area contributed by atoms with Gasteiger partial charge < -0.3 is 10.4 Å². The smallest absolute Gasteiger partial charge is 0.214 e. The number of aromatic nitrogens is 3. The van der Waals surface area contributed by atoms with E-state index in [1.54, 1.807) is 0 Å². The van der Waals surface area contributed by atoms with Crippen molar-refractivity contribution in [1.82, 2.24) is 14.6 Å². The second-order valence-corrected chi connectivity index (χ2v) is 8.86. The van der Waals surface area contributed by atoms with Crippen LogP contribution in [0, 0.1) is 0 Å². The average molecular weight is 356 g/mol. The molecule has 0 amide bonds. The molecule has 2 aromatic heterocycles. The van der Waals surface area contributed by atoms with E-state index in [-0.39, 0.29) is 5.41 Å². The van der Waals surface area contributed by atoms with Crippen molar-refractivity contribution in [2.24, 2.45) is 0 Å². The standard InChI is InChI=1S/C19H24N4OS/c1-18(2,3)15-11-23-17(21-15)25-16(22-23)20-12-19(24)10-6-8-13-7-4-5-9-14(13)19/h4-5,7,9,11,24H,6,8,10,12H2,1-3H3,(H,20,22). The highest BCUT2D eigenvalue weighted by Gasteiger charge is 2.34. The highest BCUT2D eigenvalue weighted by molar-refractivity contribution is 7.20. The van der Waals surface area contributed by atoms with E-state index >= 15 is 0 Å². The summed E-state index contributed by atoms with van der Waals surface area (Å²) in [6.45, 7) is 6.91. The molecule has 1 aliphatic rings. The zero-order valence-corrected chi connectivity index (χ0v) is 15.7. The molecule has 3 aromatic rings. The van der Waals surface area contributed by atoms with Crippen molar-refractivity contribution in [2.45, 2.75) is 51.0 Å². The molecule has 0 fully saturated rings. The summed E-state index contributed by atoms with van der Waals surface area (Å²) in [5.41, 5.74) is 2.52. The Kier molecular flexibility index (Phi) is 3.85. The van der Waals surface area contributed by atoms with Crippen LogP contribution in [0.3, 0.4) is 0 Å². The molecule has 1 aliphatic carbocycles. The lowest BCUT2D eigenvalue weighted by Crippen LogP contribution is -2.37. The minimum Gasteiger partial charge on any atom is -0.383 e. The van der Waals surface area contributed by atoms with Crippen LogP contribution in [-0.2, 0) is 17.4 Å². The number of benzene rings is 1. The molecule has 0 radical (unpaired) electrons. The van der Waals surface area contributed by atoms with Gasteiger partial charge in [0, 0.05) is 5.41 Å². The molecular weight excluding hydrogens is 332 g/mol. The predicted octanol–water partition coefficient (Wildman–Crippen LogP) is 3.72. The summed E-state index contributed by atoms with van der Waals surface area (Å²) in [6, 6.07) is 8.20. The summed E-state index contributed by atoms with van der Waals surface area (Å²) in [7, 11) is 0. The number of rotatable bonds is 3. The Hall–Kier alpha value is -1.92. The maximum atomic E-state index is 11.2. The van der Waals surface area contributed by atoms with Gasteiger partial charge in [-0.1, -0.05) is 56.4 Å². The van der Waals surface area contributed by atoms with Crippen LogP contribution in [0.1, 0.15) is 50.4 Å². The van der Waals surface area contributed by atoms with Gasteiger partial charge in [-0.25, -0.2) is 9.50 Å². The fourth-order valence-corrected chi connectivity index (χ4v) is 4.21. The van der Waals surface area contributed by atoms with E-state index < -0.39 is 5.60 Å². The molecule has 1 aromatic carbocycles. The molecule has 2 N–H and O–H groups in total. The minimum absolute atomic E-state index is 0.0158. The summed E-state index contributed by atoms with van der Waals surface area (Å²) in [6.07, 6.45) is 4.81. The van der Waals surface area contributed by atoms with Gasteiger partial charge in [0.15, 0.2) is 0 Å². The molecule has 25 heavy (non-hydrogen) atoms. The van der Waals surface area contributed by atoms with Crippen LogP contribution in [0.4, 0.5) is 5.13 Å². The zero-order valence-electron chi connectivity index (χ0n) is 14.9. The summed E-state index contributed by atoms with van der Waals surface area (Å²) in [5, 5.41) is 19.8. The molecule has 0 spiro atoms. The van der Waals surface area contributed by atoms with Crippen molar-refractivity contribution in [2.75, 3.05) is 11.9 Å². The van der Waals surface area contributed by atoms with Crippen molar-refractivity contribution < 1.29 is 5.11 Å². The van der Waals surface area contributed by atoms with E-state index in [9.17, 15) is 5.11 Å². The first-order chi connectivity index (χ1) is 11.9. The Bertz CT molecular complexity index is 876. The average Bonchev–Trinajstić information content (AvgIpc) is 3.12. The Morgan fingerprint density at radius 2 is 2.12 bits per heavy atom. The summed E-state index contributed by atoms with van der Waals surface area (Å²) in [4.78, 5) is 5.55. The van der Waals surface area contributed by atoms with Crippen LogP contribution >= 0.6 is 11.3 Å². The molecule has 1 atom stereocenters. The Morgan fingerprint density at radius 3 is 2.88 bits per heavy atom. The molecule has 5 nitrogen and oxygen atoms in total. The monoisotopic (exact) mass is 356 g/mol.